The first-order chi connectivity index (χ1) is 57.3. The number of aliphatic hydroxyl groups is 1. The fraction of sp³-hybridized carbons (Fsp3) is 0.526. The predicted molar refractivity (Wildman–Crippen MR) is 425 cm³/mol. The van der Waals surface area contributed by atoms with Crippen LogP contribution in [-0.4, -0.2) is 358 Å². The van der Waals surface area contributed by atoms with Crippen LogP contribution in [0.25, 0.3) is 22.3 Å². The van der Waals surface area contributed by atoms with Gasteiger partial charge in [-0.15, -0.1) is 11.8 Å². The zero-order valence-electron chi connectivity index (χ0n) is 66.6. The standard InChI is InChI=1S/C76H103N15O29S/c1-3-76(51-30-57-69-48(29-47-10-4-5-11-52(47)81-69)31-91(57)74(117)50(51)42-119-75(76)118)120-68(112)44-121-43-56(80-45(2)92)73(116)83-54(13-7-9-19-79-59(95)33-88(37-63(102)103)25-21-86(35-61(98)99)23-27-90(40-66(108)109)41-67(110)111)71(114)84-55(28-46-14-16-49(93)17-15-46)72(115)82-53(70(77)113)12-6-8-18-78-58(94)32-87(36-62(100)101)24-20-85(34-60(96)97)22-26-89(38-64(104)105)39-65(106)107/h4-5,10-11,14-17,29-30,53-56,58,78,93-94H,3,6-9,12-13,18-28,31-44H2,1-2H3,(H2,77,113)(H,79,95)(H,80,92)(H,82,115)(H,83,116)(H,84,114)(H,96,97)(H,98,99)(H,100,101)(H,102,103)(H,104,105)(H,106,107)(H,108,109)(H,110,111)/t53?,54?,55?,56?,58?,76-/m0/s1. The number of esters is 2. The molecule has 5 unspecified atom stereocenters. The number of amides is 6. The van der Waals surface area contributed by atoms with Crippen molar-refractivity contribution in [1.82, 2.24) is 70.9 Å². The molecule has 6 atom stereocenters. The topological polar surface area (TPSA) is 646 Å². The fourth-order valence-electron chi connectivity index (χ4n) is 13.5. The molecule has 0 fully saturated rings. The molecule has 6 rings (SSSR count). The summed E-state index contributed by atoms with van der Waals surface area (Å²) in [4.78, 5) is 231. The number of pyridine rings is 2. The van der Waals surface area contributed by atoms with E-state index in [4.69, 9.17) is 20.2 Å². The minimum atomic E-state index is -2.13. The number of carbonyl (C=O) groups excluding carboxylic acids is 8. The Kier molecular flexibility index (Phi) is 39.2. The Hall–Kier alpha value is -11.9. The lowest BCUT2D eigenvalue weighted by molar-refractivity contribution is -0.187. The van der Waals surface area contributed by atoms with Crippen LogP contribution in [0.2, 0.25) is 0 Å². The molecule has 0 saturated heterocycles. The number of fused-ring (bicyclic) bond motifs is 5. The second-order valence-corrected chi connectivity index (χ2v) is 29.9. The molecule has 0 bridgehead atoms. The first kappa shape index (κ1) is 98.0. The second kappa shape index (κ2) is 48.4. The number of rotatable bonds is 59. The van der Waals surface area contributed by atoms with Crippen molar-refractivity contribution in [3.63, 3.8) is 0 Å². The number of primary amides is 1. The maximum atomic E-state index is 14.9. The first-order valence-corrected chi connectivity index (χ1v) is 39.6. The molecule has 4 aromatic rings. The number of phenolic OH excluding ortho intramolecular Hbond substituents is 1. The average molecular weight is 1720 g/mol. The number of hydrogen-bond donors (Lipinski definition) is 17. The Bertz CT molecular complexity index is 4410. The van der Waals surface area contributed by atoms with Gasteiger partial charge in [-0.3, -0.25) is 111 Å². The number of carbonyl (C=O) groups is 16. The normalized spacial score (nSPS) is 14.7. The summed E-state index contributed by atoms with van der Waals surface area (Å²) in [5.41, 5.74) is 5.92. The molecular formula is C76H103N15O29S. The highest BCUT2D eigenvalue weighted by Gasteiger charge is 2.51. The molecule has 0 saturated carbocycles. The zero-order valence-corrected chi connectivity index (χ0v) is 67.4. The third-order valence-electron chi connectivity index (χ3n) is 19.3. The summed E-state index contributed by atoms with van der Waals surface area (Å²) in [6.45, 7) is -5.18. The van der Waals surface area contributed by atoms with Gasteiger partial charge in [0.1, 0.15) is 42.8 Å². The molecule has 4 heterocycles. The van der Waals surface area contributed by atoms with E-state index in [9.17, 15) is 133 Å². The van der Waals surface area contributed by atoms with E-state index in [-0.39, 0.29) is 147 Å². The number of cyclic esters (lactones) is 1. The number of phenols is 1. The third kappa shape index (κ3) is 33.0. The van der Waals surface area contributed by atoms with Crippen LogP contribution in [0, 0.1) is 0 Å². The summed E-state index contributed by atoms with van der Waals surface area (Å²) in [5, 5.41) is 113. The van der Waals surface area contributed by atoms with Gasteiger partial charge in [-0.05, 0) is 87.4 Å². The molecule has 44 nitrogen and oxygen atoms in total. The summed E-state index contributed by atoms with van der Waals surface area (Å²) in [7, 11) is 0. The van der Waals surface area contributed by atoms with Crippen molar-refractivity contribution in [2.45, 2.75) is 114 Å². The van der Waals surface area contributed by atoms with E-state index in [1.54, 1.807) is 25.1 Å². The molecule has 0 aliphatic carbocycles. The van der Waals surface area contributed by atoms with Gasteiger partial charge in [0.05, 0.1) is 93.7 Å². The van der Waals surface area contributed by atoms with E-state index in [0.717, 1.165) is 39.4 Å². The number of aliphatic carboxylic acids is 8. The van der Waals surface area contributed by atoms with E-state index in [1.807, 2.05) is 18.2 Å². The molecule has 662 valence electrons. The molecule has 121 heavy (non-hydrogen) atoms. The van der Waals surface area contributed by atoms with Crippen molar-refractivity contribution in [3.05, 3.63) is 93.3 Å². The van der Waals surface area contributed by atoms with Crippen LogP contribution in [0.15, 0.2) is 65.5 Å². The molecule has 2 aromatic heterocycles. The van der Waals surface area contributed by atoms with Gasteiger partial charge in [0.2, 0.25) is 41.0 Å². The summed E-state index contributed by atoms with van der Waals surface area (Å²) in [5.74, 6) is -19.3. The van der Waals surface area contributed by atoms with Crippen molar-refractivity contribution < 1.29 is 137 Å². The number of hydrogen-bond acceptors (Lipinski definition) is 30. The van der Waals surface area contributed by atoms with Gasteiger partial charge < -0.3 is 97.4 Å². The largest absolute Gasteiger partial charge is 0.508 e. The van der Waals surface area contributed by atoms with Gasteiger partial charge >= 0.3 is 59.7 Å². The minimum Gasteiger partial charge on any atom is -0.508 e. The van der Waals surface area contributed by atoms with Crippen LogP contribution in [-0.2, 0) is 111 Å². The van der Waals surface area contributed by atoms with Crippen LogP contribution in [0.3, 0.4) is 0 Å². The number of nitrogens with one attached hydrogen (secondary N) is 6. The van der Waals surface area contributed by atoms with Crippen molar-refractivity contribution in [2.24, 2.45) is 5.73 Å². The van der Waals surface area contributed by atoms with Crippen LogP contribution >= 0.6 is 11.8 Å². The number of carboxylic acids is 8. The Morgan fingerprint density at radius 3 is 1.59 bits per heavy atom. The molecule has 2 aliphatic heterocycles. The number of carboxylic acid groups (broad SMARTS) is 8. The SMILES string of the molecule is CC[C@@]1(OC(=O)CSCC(NC(C)=O)C(=O)NC(CCCCNC(=O)CN(CCN(CCN(CC(=O)O)CC(=O)O)CC(=O)O)CC(=O)O)C(=O)NC(Cc2ccc(O)cc2)C(=O)NC(CCCCNC(O)CN(CCN(CCN(CC(=O)O)CC(=O)O)CC(=O)O)CC(=O)O)C(N)=O)C(=O)OCc2c1cc1n(c2=O)Cc2cc3ccccc3nc2-1. The Morgan fingerprint density at radius 1 is 0.579 bits per heavy atom. The Morgan fingerprint density at radius 2 is 1.05 bits per heavy atom. The van der Waals surface area contributed by atoms with Crippen molar-refractivity contribution in [1.29, 1.82) is 0 Å². The summed E-state index contributed by atoms with van der Waals surface area (Å²) < 4.78 is 13.0. The van der Waals surface area contributed by atoms with Crippen LogP contribution in [0.4, 0.5) is 0 Å². The molecule has 0 radical (unpaired) electrons. The number of nitrogens with zero attached hydrogens (tertiary/aromatic N) is 8. The highest BCUT2D eigenvalue weighted by molar-refractivity contribution is 8.00. The fourth-order valence-corrected chi connectivity index (χ4v) is 14.3. The van der Waals surface area contributed by atoms with Crippen LogP contribution in [0.1, 0.15) is 81.0 Å². The number of ether oxygens (including phenoxy) is 2. The number of aliphatic hydroxyl groups excluding tert-OH is 1. The number of unbranched alkanes of at least 4 members (excludes halogenated alkanes) is 2. The predicted octanol–water partition coefficient (Wildman–Crippen LogP) is -4.39. The quantitative estimate of drug-likeness (QED) is 0.00993. The van der Waals surface area contributed by atoms with Gasteiger partial charge in [0, 0.05) is 101 Å². The molecule has 45 heteroatoms. The lowest BCUT2D eigenvalue weighted by Gasteiger charge is -2.35. The van der Waals surface area contributed by atoms with Crippen molar-refractivity contribution >= 4 is 118 Å². The van der Waals surface area contributed by atoms with Crippen molar-refractivity contribution in [2.75, 3.05) is 142 Å². The molecular weight excluding hydrogens is 1620 g/mol. The number of aromatic nitrogens is 2. The first-order valence-electron chi connectivity index (χ1n) is 38.5. The number of para-hydroxylation sites is 1. The van der Waals surface area contributed by atoms with Gasteiger partial charge in [0.15, 0.2) is 0 Å². The van der Waals surface area contributed by atoms with E-state index in [0.29, 0.717) is 22.5 Å². The Balaban J connectivity index is 1.17. The van der Waals surface area contributed by atoms with E-state index in [2.05, 4.69) is 31.9 Å². The van der Waals surface area contributed by atoms with Crippen LogP contribution in [0.5, 0.6) is 5.75 Å². The average Bonchev–Trinajstić information content (AvgIpc) is 1.59. The summed E-state index contributed by atoms with van der Waals surface area (Å²) >= 11 is 0.763. The number of nitrogens with two attached hydrogens (primary N) is 1. The molecule has 18 N–H and O–H groups in total. The molecule has 6 amide bonds. The Labute approximate surface area is 696 Å². The maximum absolute atomic E-state index is 14.9. The van der Waals surface area contributed by atoms with Gasteiger partial charge in [-0.25, -0.2) is 9.78 Å². The lowest BCUT2D eigenvalue weighted by Crippen LogP contribution is -2.58. The minimum absolute atomic E-state index is 0.0249. The van der Waals surface area contributed by atoms with Crippen LogP contribution < -0.4 is 43.2 Å². The molecule has 2 aromatic carbocycles. The molecule has 0 spiro atoms. The van der Waals surface area contributed by atoms with Gasteiger partial charge in [-0.2, -0.15) is 0 Å². The van der Waals surface area contributed by atoms with Gasteiger partial charge in [-0.1, -0.05) is 37.3 Å². The molecule has 2 aliphatic rings. The van der Waals surface area contributed by atoms with E-state index >= 15 is 0 Å². The monoisotopic (exact) mass is 1720 g/mol. The highest BCUT2D eigenvalue weighted by Crippen LogP contribution is 2.41. The highest BCUT2D eigenvalue weighted by atomic mass is 32.2. The summed E-state index contributed by atoms with van der Waals surface area (Å²) in [6.07, 6.45) is -2.04. The second-order valence-electron chi connectivity index (χ2n) is 28.8. The van der Waals surface area contributed by atoms with E-state index < -0.39 is 214 Å². The number of thioether (sulfide) groups is 1. The lowest BCUT2D eigenvalue weighted by atomic mass is 9.85. The third-order valence-corrected chi connectivity index (χ3v) is 20.3. The van der Waals surface area contributed by atoms with E-state index in [1.165, 1.54) is 48.4 Å². The summed E-state index contributed by atoms with van der Waals surface area (Å²) in [6, 6.07) is 10.0. The zero-order chi connectivity index (χ0) is 89.2. The smallest absolute Gasteiger partial charge is 0.355 e. The number of benzene rings is 2. The van der Waals surface area contributed by atoms with Gasteiger partial charge in [0.25, 0.3) is 5.56 Å². The number of aromatic hydroxyl groups is 1. The maximum Gasteiger partial charge on any atom is 0.355 e. The van der Waals surface area contributed by atoms with Crippen molar-refractivity contribution in [3.8, 4) is 17.1 Å².